The fourth-order valence-corrected chi connectivity index (χ4v) is 8.65. The van der Waals surface area contributed by atoms with Gasteiger partial charge in [0, 0.05) is 28.9 Å². The summed E-state index contributed by atoms with van der Waals surface area (Å²) in [6.45, 7) is 0. The van der Waals surface area contributed by atoms with Crippen LogP contribution >= 0.6 is 11.8 Å². The van der Waals surface area contributed by atoms with Crippen LogP contribution in [-0.4, -0.2) is 47.9 Å². The van der Waals surface area contributed by atoms with Gasteiger partial charge in [0.2, 0.25) is 5.69 Å². The fraction of sp³-hybridized carbons (Fsp3) is 0.353. The molecule has 0 aliphatic heterocycles. The second-order valence-electron chi connectivity index (χ2n) is 13.3. The van der Waals surface area contributed by atoms with Crippen LogP contribution in [0.15, 0.2) is 58.5 Å². The van der Waals surface area contributed by atoms with Gasteiger partial charge in [0.15, 0.2) is 0 Å². The molecule has 6 fully saturated rings. The standard InChI is InChI=1S/C34H28N6O5S/c41-30(42)26-28(36-38-35-26)45-24-9-1-5-21(13-24)7-4-12-33-18-34(19-33,20-33)40-27(31(43)44)29(37-39-40)46-25-10-2-6-22(14-25)8-3-11-32-15-23(16-32)17-32/h1-2,5-6,9-10,13-14,23H,11-12,15-20H2,(H3,35,36,38,41,42,43,44)/p+1. The number of H-pyrrole nitrogens is 2. The summed E-state index contributed by atoms with van der Waals surface area (Å²) < 4.78 is 7.34. The fourth-order valence-electron chi connectivity index (χ4n) is 7.73. The van der Waals surface area contributed by atoms with Gasteiger partial charge < -0.3 is 14.9 Å². The lowest BCUT2D eigenvalue weighted by Gasteiger charge is -2.66. The molecule has 10 rings (SSSR count). The molecule has 0 amide bonds. The second-order valence-corrected chi connectivity index (χ2v) is 14.3. The number of carboxylic acids is 2. The Bertz CT molecular complexity index is 2010. The summed E-state index contributed by atoms with van der Waals surface area (Å²) in [5.74, 6) is 12.1. The normalized spacial score (nSPS) is 26.0. The largest absolute Gasteiger partial charge is 0.476 e. The number of rotatable bonds is 9. The Morgan fingerprint density at radius 1 is 0.957 bits per heavy atom. The van der Waals surface area contributed by atoms with Crippen LogP contribution in [-0.2, 0) is 5.54 Å². The zero-order valence-electron chi connectivity index (χ0n) is 24.7. The summed E-state index contributed by atoms with van der Waals surface area (Å²) in [7, 11) is 0. The first-order valence-corrected chi connectivity index (χ1v) is 16.0. The molecular weight excluding hydrogens is 604 g/mol. The molecule has 2 aromatic carbocycles. The highest BCUT2D eigenvalue weighted by molar-refractivity contribution is 7.99. The first kappa shape index (κ1) is 28.4. The summed E-state index contributed by atoms with van der Waals surface area (Å²) >= 11 is 1.34. The highest BCUT2D eigenvalue weighted by atomic mass is 32.2. The van der Waals surface area contributed by atoms with Gasteiger partial charge in [-0.1, -0.05) is 51.3 Å². The molecule has 12 heteroatoms. The molecule has 2 aromatic heterocycles. The smallest absolute Gasteiger partial charge is 0.383 e. The van der Waals surface area contributed by atoms with Crippen molar-refractivity contribution in [1.29, 1.82) is 0 Å². The van der Waals surface area contributed by atoms with Gasteiger partial charge >= 0.3 is 11.9 Å². The Hall–Kier alpha value is -5.07. The molecule has 6 aliphatic carbocycles. The summed E-state index contributed by atoms with van der Waals surface area (Å²) in [5, 5.41) is 36.7. The number of hydrogen-bond donors (Lipinski definition) is 4. The van der Waals surface area contributed by atoms with Crippen LogP contribution in [0.5, 0.6) is 11.6 Å². The molecule has 2 heterocycles. The first-order chi connectivity index (χ1) is 22.2. The maximum Gasteiger partial charge on any atom is 0.383 e. The molecular formula is C34H29N6O5S+. The van der Waals surface area contributed by atoms with Crippen molar-refractivity contribution in [3.05, 3.63) is 71.0 Å². The van der Waals surface area contributed by atoms with Gasteiger partial charge in [-0.15, -0.1) is 4.68 Å². The minimum Gasteiger partial charge on any atom is -0.476 e. The van der Waals surface area contributed by atoms with Crippen molar-refractivity contribution in [1.82, 2.24) is 25.7 Å². The SMILES string of the molecule is O=C(O)c1[nH]nnc1Oc1cccc(C#CCC23CC([n+]4[nH]nc(Sc5cccc(C#CCC67CC(C6)C7)c5)c4C(=O)O)(C2)C3)c1. The van der Waals surface area contributed by atoms with E-state index in [9.17, 15) is 19.8 Å². The third kappa shape index (κ3) is 4.90. The van der Waals surface area contributed by atoms with Crippen LogP contribution in [0.4, 0.5) is 0 Å². The van der Waals surface area contributed by atoms with Crippen LogP contribution in [0.2, 0.25) is 0 Å². The summed E-state index contributed by atoms with van der Waals surface area (Å²) in [6.07, 6.45) is 8.12. The van der Waals surface area contributed by atoms with Gasteiger partial charge in [-0.25, -0.2) is 14.7 Å². The average molecular weight is 634 g/mol. The molecule has 0 atom stereocenters. The predicted octanol–water partition coefficient (Wildman–Crippen LogP) is 5.02. The van der Waals surface area contributed by atoms with Gasteiger partial charge in [-0.2, -0.15) is 0 Å². The van der Waals surface area contributed by atoms with Gasteiger partial charge in [0.25, 0.3) is 16.6 Å². The Labute approximate surface area is 268 Å². The van der Waals surface area contributed by atoms with E-state index in [2.05, 4.69) is 49.4 Å². The third-order valence-electron chi connectivity index (χ3n) is 9.85. The molecule has 6 aliphatic rings. The van der Waals surface area contributed by atoms with Gasteiger partial charge in [0.05, 0.1) is 5.10 Å². The molecule has 6 saturated carbocycles. The van der Waals surface area contributed by atoms with Crippen molar-refractivity contribution in [2.24, 2.45) is 16.7 Å². The van der Waals surface area contributed by atoms with Crippen molar-refractivity contribution in [2.75, 3.05) is 0 Å². The van der Waals surface area contributed by atoms with E-state index in [0.29, 0.717) is 22.6 Å². The van der Waals surface area contributed by atoms with E-state index in [0.717, 1.165) is 47.6 Å². The molecule has 4 N–H and O–H groups in total. The molecule has 0 spiro atoms. The molecule has 0 unspecified atom stereocenters. The highest BCUT2D eigenvalue weighted by Gasteiger charge is 2.73. The number of carboxylic acid groups (broad SMARTS) is 2. The maximum absolute atomic E-state index is 12.4. The second kappa shape index (κ2) is 10.5. The molecule has 0 radical (unpaired) electrons. The van der Waals surface area contributed by atoms with Gasteiger partial charge in [-0.3, -0.25) is 0 Å². The molecule has 11 nitrogen and oxygen atoms in total. The summed E-state index contributed by atoms with van der Waals surface area (Å²) in [5.41, 5.74) is 1.86. The number of carbonyl (C=O) groups is 2. The number of nitrogens with one attached hydrogen (secondary N) is 2. The van der Waals surface area contributed by atoms with E-state index in [1.54, 1.807) is 22.9 Å². The molecule has 4 bridgehead atoms. The monoisotopic (exact) mass is 633 g/mol. The highest BCUT2D eigenvalue weighted by Crippen LogP contribution is 2.70. The zero-order valence-corrected chi connectivity index (χ0v) is 25.5. The third-order valence-corrected chi connectivity index (χ3v) is 10.8. The lowest BCUT2D eigenvalue weighted by molar-refractivity contribution is -0.859. The molecule has 4 aromatic rings. The van der Waals surface area contributed by atoms with Crippen molar-refractivity contribution in [2.45, 2.75) is 66.8 Å². The van der Waals surface area contributed by atoms with E-state index in [1.165, 1.54) is 31.0 Å². The van der Waals surface area contributed by atoms with Crippen molar-refractivity contribution >= 4 is 23.7 Å². The van der Waals surface area contributed by atoms with E-state index in [1.807, 2.05) is 30.3 Å². The van der Waals surface area contributed by atoms with Crippen molar-refractivity contribution in [3.63, 3.8) is 0 Å². The van der Waals surface area contributed by atoms with E-state index < -0.39 is 11.9 Å². The van der Waals surface area contributed by atoms with Gasteiger partial charge in [0.1, 0.15) is 11.3 Å². The number of aromatic amines is 2. The van der Waals surface area contributed by atoms with E-state index >= 15 is 0 Å². The molecule has 46 heavy (non-hydrogen) atoms. The quantitative estimate of drug-likeness (QED) is 0.147. The van der Waals surface area contributed by atoms with Crippen LogP contribution < -0.4 is 9.42 Å². The topological polar surface area (TPSA) is 158 Å². The number of aromatic nitrogens is 6. The maximum atomic E-state index is 12.4. The minimum absolute atomic E-state index is 0.0475. The van der Waals surface area contributed by atoms with Gasteiger partial charge in [-0.05, 0) is 103 Å². The Morgan fingerprint density at radius 2 is 1.65 bits per heavy atom. The van der Waals surface area contributed by atoms with Crippen LogP contribution in [0.1, 0.15) is 83.5 Å². The predicted molar refractivity (Wildman–Crippen MR) is 163 cm³/mol. The number of ether oxygens (including phenoxy) is 1. The lowest BCUT2D eigenvalue weighted by Crippen LogP contribution is -2.79. The van der Waals surface area contributed by atoms with Crippen LogP contribution in [0, 0.1) is 40.4 Å². The Balaban J connectivity index is 0.906. The Morgan fingerprint density at radius 3 is 2.33 bits per heavy atom. The first-order valence-electron chi connectivity index (χ1n) is 15.2. The zero-order chi connectivity index (χ0) is 31.5. The van der Waals surface area contributed by atoms with Crippen LogP contribution in [0.25, 0.3) is 0 Å². The number of hydrogen-bond acceptors (Lipinski definition) is 7. The number of nitrogens with zero attached hydrogens (tertiary/aromatic N) is 4. The molecule has 0 saturated heterocycles. The summed E-state index contributed by atoms with van der Waals surface area (Å²) in [4.78, 5) is 24.6. The van der Waals surface area contributed by atoms with Crippen molar-refractivity contribution in [3.8, 4) is 35.3 Å². The molecule has 230 valence electrons. The van der Waals surface area contributed by atoms with E-state index in [4.69, 9.17) is 4.74 Å². The lowest BCUT2D eigenvalue weighted by atomic mass is 9.38. The minimum atomic E-state index is -1.22. The Kier molecular flexibility index (Phi) is 6.48. The number of aromatic carboxylic acids is 2. The van der Waals surface area contributed by atoms with Crippen molar-refractivity contribution < 1.29 is 29.2 Å². The number of benzene rings is 2. The van der Waals surface area contributed by atoms with Crippen LogP contribution in [0.3, 0.4) is 0 Å². The summed E-state index contributed by atoms with van der Waals surface area (Å²) in [6, 6.07) is 14.9. The van der Waals surface area contributed by atoms with E-state index in [-0.39, 0.29) is 28.2 Å². The average Bonchev–Trinajstić information content (AvgIpc) is 3.58.